The third-order valence-corrected chi connectivity index (χ3v) is 4.77. The van der Waals surface area contributed by atoms with Gasteiger partial charge < -0.3 is 19.5 Å². The first-order chi connectivity index (χ1) is 14.4. The monoisotopic (exact) mass is 410 g/mol. The van der Waals surface area contributed by atoms with E-state index >= 15 is 0 Å². The smallest absolute Gasteiger partial charge is 0.261 e. The number of benzene rings is 2. The van der Waals surface area contributed by atoms with Gasteiger partial charge in [0.1, 0.15) is 5.75 Å². The van der Waals surface area contributed by atoms with Gasteiger partial charge in [0.25, 0.3) is 17.7 Å². The number of carbonyl (C=O) groups excluding carboxylic acids is 3. The molecule has 0 aliphatic carbocycles. The molecule has 3 amide bonds. The molecule has 0 fully saturated rings. The summed E-state index contributed by atoms with van der Waals surface area (Å²) in [6.07, 6.45) is 1.48. The summed E-state index contributed by atoms with van der Waals surface area (Å²) < 4.78 is 15.9. The molecule has 0 saturated carbocycles. The first-order valence-corrected chi connectivity index (χ1v) is 9.13. The van der Waals surface area contributed by atoms with Crippen molar-refractivity contribution in [1.29, 1.82) is 0 Å². The van der Waals surface area contributed by atoms with Crippen molar-refractivity contribution in [3.8, 4) is 17.2 Å². The Kier molecular flexibility index (Phi) is 6.06. The maximum atomic E-state index is 12.7. The van der Waals surface area contributed by atoms with Crippen molar-refractivity contribution in [2.75, 3.05) is 27.9 Å². The summed E-state index contributed by atoms with van der Waals surface area (Å²) in [5.74, 6) is 0.324. The number of imide groups is 1. The van der Waals surface area contributed by atoms with Crippen molar-refractivity contribution in [2.24, 2.45) is 0 Å². The minimum absolute atomic E-state index is 0.118. The summed E-state index contributed by atoms with van der Waals surface area (Å²) in [6, 6.07) is 7.83. The standard InChI is InChI=1S/C22H22N2O6/c1-5-8-24-21(26)15-7-6-13(9-16(15)22(24)27)20(25)23-12-14-10-18(29-3)19(30-4)11-17(14)28-2/h5-7,9-11H,1,8,12H2,2-4H3,(H,23,25). The lowest BCUT2D eigenvalue weighted by molar-refractivity contribution is 0.0672. The molecule has 0 aromatic heterocycles. The Labute approximate surface area is 174 Å². The number of ether oxygens (including phenoxy) is 3. The van der Waals surface area contributed by atoms with Crippen molar-refractivity contribution in [2.45, 2.75) is 6.54 Å². The number of methoxy groups -OCH3 is 3. The highest BCUT2D eigenvalue weighted by Crippen LogP contribution is 2.34. The predicted octanol–water partition coefficient (Wildman–Crippen LogP) is 2.42. The number of carbonyl (C=O) groups is 3. The van der Waals surface area contributed by atoms with Gasteiger partial charge in [0, 0.05) is 30.3 Å². The summed E-state index contributed by atoms with van der Waals surface area (Å²) in [7, 11) is 4.56. The predicted molar refractivity (Wildman–Crippen MR) is 109 cm³/mol. The number of hydrogen-bond acceptors (Lipinski definition) is 6. The van der Waals surface area contributed by atoms with Crippen molar-refractivity contribution in [3.63, 3.8) is 0 Å². The average Bonchev–Trinajstić information content (AvgIpc) is 3.01. The SMILES string of the molecule is C=CCN1C(=O)c2ccc(C(=O)NCc3cc(OC)c(OC)cc3OC)cc2C1=O. The van der Waals surface area contributed by atoms with E-state index in [4.69, 9.17) is 14.2 Å². The minimum atomic E-state index is -0.439. The van der Waals surface area contributed by atoms with Crippen LogP contribution in [0, 0.1) is 0 Å². The van der Waals surface area contributed by atoms with Crippen LogP contribution in [-0.2, 0) is 6.54 Å². The number of nitrogens with one attached hydrogen (secondary N) is 1. The van der Waals surface area contributed by atoms with E-state index in [1.165, 1.54) is 45.6 Å². The molecule has 1 aliphatic rings. The van der Waals surface area contributed by atoms with Crippen LogP contribution in [0.1, 0.15) is 36.6 Å². The molecule has 8 nitrogen and oxygen atoms in total. The molecule has 0 radical (unpaired) electrons. The molecule has 2 aromatic carbocycles. The van der Waals surface area contributed by atoms with Gasteiger partial charge in [0.05, 0.1) is 32.5 Å². The van der Waals surface area contributed by atoms with E-state index in [0.717, 1.165) is 4.90 Å². The van der Waals surface area contributed by atoms with Crippen LogP contribution in [0.4, 0.5) is 0 Å². The number of hydrogen-bond donors (Lipinski definition) is 1. The van der Waals surface area contributed by atoms with Gasteiger partial charge in [-0.1, -0.05) is 6.08 Å². The zero-order valence-corrected chi connectivity index (χ0v) is 17.0. The van der Waals surface area contributed by atoms with Gasteiger partial charge in [0.15, 0.2) is 11.5 Å². The highest BCUT2D eigenvalue weighted by molar-refractivity contribution is 6.22. The zero-order valence-electron chi connectivity index (χ0n) is 17.0. The lowest BCUT2D eigenvalue weighted by atomic mass is 10.1. The number of nitrogens with zero attached hydrogens (tertiary/aromatic N) is 1. The maximum Gasteiger partial charge on any atom is 0.261 e. The number of fused-ring (bicyclic) bond motifs is 1. The molecule has 0 unspecified atom stereocenters. The molecule has 2 aromatic rings. The summed E-state index contributed by atoms with van der Waals surface area (Å²) in [6.45, 7) is 3.83. The summed E-state index contributed by atoms with van der Waals surface area (Å²) >= 11 is 0. The first kappa shape index (κ1) is 20.9. The highest BCUT2D eigenvalue weighted by Gasteiger charge is 2.35. The number of rotatable bonds is 8. The fourth-order valence-electron chi connectivity index (χ4n) is 3.24. The average molecular weight is 410 g/mol. The molecular formula is C22H22N2O6. The quantitative estimate of drug-likeness (QED) is 0.531. The maximum absolute atomic E-state index is 12.7. The van der Waals surface area contributed by atoms with E-state index in [2.05, 4.69) is 11.9 Å². The Balaban J connectivity index is 1.80. The molecule has 0 bridgehead atoms. The van der Waals surface area contributed by atoms with E-state index in [-0.39, 0.29) is 29.8 Å². The van der Waals surface area contributed by atoms with Gasteiger partial charge in [-0.25, -0.2) is 0 Å². The molecule has 156 valence electrons. The second-order valence-electron chi connectivity index (χ2n) is 6.47. The molecule has 0 spiro atoms. The third kappa shape index (κ3) is 3.71. The lowest BCUT2D eigenvalue weighted by Gasteiger charge is -2.14. The van der Waals surface area contributed by atoms with Crippen LogP contribution < -0.4 is 19.5 Å². The van der Waals surface area contributed by atoms with E-state index in [1.807, 2.05) is 0 Å². The Morgan fingerprint density at radius 3 is 2.23 bits per heavy atom. The topological polar surface area (TPSA) is 94.2 Å². The van der Waals surface area contributed by atoms with Gasteiger partial charge in [-0.05, 0) is 24.3 Å². The molecule has 1 N–H and O–H groups in total. The second-order valence-corrected chi connectivity index (χ2v) is 6.47. The molecule has 8 heteroatoms. The first-order valence-electron chi connectivity index (χ1n) is 9.13. The summed E-state index contributed by atoms with van der Waals surface area (Å²) in [4.78, 5) is 38.5. The summed E-state index contributed by atoms with van der Waals surface area (Å²) in [5.41, 5.74) is 1.45. The van der Waals surface area contributed by atoms with E-state index in [1.54, 1.807) is 12.1 Å². The van der Waals surface area contributed by atoms with Crippen LogP contribution in [0.25, 0.3) is 0 Å². The lowest BCUT2D eigenvalue weighted by Crippen LogP contribution is -2.29. The normalized spacial score (nSPS) is 12.4. The minimum Gasteiger partial charge on any atom is -0.496 e. The van der Waals surface area contributed by atoms with Gasteiger partial charge in [-0.15, -0.1) is 6.58 Å². The molecular weight excluding hydrogens is 388 g/mol. The van der Waals surface area contributed by atoms with Crippen LogP contribution in [-0.4, -0.2) is 50.5 Å². The second kappa shape index (κ2) is 8.69. The van der Waals surface area contributed by atoms with Gasteiger partial charge in [-0.3, -0.25) is 19.3 Å². The van der Waals surface area contributed by atoms with Crippen molar-refractivity contribution >= 4 is 17.7 Å². The molecule has 3 rings (SSSR count). The zero-order chi connectivity index (χ0) is 21.8. The molecule has 30 heavy (non-hydrogen) atoms. The fourth-order valence-corrected chi connectivity index (χ4v) is 3.24. The van der Waals surface area contributed by atoms with E-state index in [9.17, 15) is 14.4 Å². The van der Waals surface area contributed by atoms with Gasteiger partial charge in [-0.2, -0.15) is 0 Å². The Hall–Kier alpha value is -3.81. The Morgan fingerprint density at radius 2 is 1.60 bits per heavy atom. The number of amides is 3. The van der Waals surface area contributed by atoms with Crippen LogP contribution in [0.15, 0.2) is 43.0 Å². The largest absolute Gasteiger partial charge is 0.496 e. The van der Waals surface area contributed by atoms with Crippen LogP contribution in [0.5, 0.6) is 17.2 Å². The third-order valence-electron chi connectivity index (χ3n) is 4.77. The molecule has 0 atom stereocenters. The molecule has 1 heterocycles. The molecule has 0 saturated heterocycles. The highest BCUT2D eigenvalue weighted by atomic mass is 16.5. The fraction of sp³-hybridized carbons (Fsp3) is 0.227. The van der Waals surface area contributed by atoms with Gasteiger partial charge in [0.2, 0.25) is 0 Å². The van der Waals surface area contributed by atoms with Crippen molar-refractivity contribution < 1.29 is 28.6 Å². The van der Waals surface area contributed by atoms with E-state index in [0.29, 0.717) is 22.8 Å². The van der Waals surface area contributed by atoms with Crippen LogP contribution in [0.3, 0.4) is 0 Å². The van der Waals surface area contributed by atoms with Crippen molar-refractivity contribution in [1.82, 2.24) is 10.2 Å². The van der Waals surface area contributed by atoms with Crippen LogP contribution >= 0.6 is 0 Å². The van der Waals surface area contributed by atoms with Crippen LogP contribution in [0.2, 0.25) is 0 Å². The Morgan fingerprint density at radius 1 is 0.967 bits per heavy atom. The molecule has 1 aliphatic heterocycles. The van der Waals surface area contributed by atoms with Gasteiger partial charge >= 0.3 is 0 Å². The summed E-state index contributed by atoms with van der Waals surface area (Å²) in [5, 5.41) is 2.79. The Bertz CT molecular complexity index is 1030. The van der Waals surface area contributed by atoms with E-state index < -0.39 is 17.7 Å². The van der Waals surface area contributed by atoms with Crippen molar-refractivity contribution in [3.05, 3.63) is 65.2 Å².